The van der Waals surface area contributed by atoms with Crippen LogP contribution in [-0.2, 0) is 4.74 Å². The standard InChI is InChI=1S/C15H20N6O2.C14H18N6/c1-2-23-15(22)21-7-5-10(6-8-21)19-12-4-3-11-13(20-12)14(16)18-9-17-11;15-14-13-11(16-9-17-14)3-4-12(18-13)20-7-6-19-5-1-2-10(19)8-20/h3-4,9-10H,2,5-8H2,1H3,(H,19,20)(H2,16,17,18);3-4,9-10H,1-2,5-8H2,(H2,15,16,17). The number of piperazine rings is 1. The Morgan fingerprint density at radius 3 is 2.30 bits per heavy atom. The van der Waals surface area contributed by atoms with Gasteiger partial charge in [-0.25, -0.2) is 34.7 Å². The van der Waals surface area contributed by atoms with Gasteiger partial charge in [0.2, 0.25) is 0 Å². The number of fused-ring (bicyclic) bond motifs is 3. The predicted octanol–water partition coefficient (Wildman–Crippen LogP) is 2.53. The average Bonchev–Trinajstić information content (AvgIpc) is 3.51. The molecule has 0 aliphatic carbocycles. The maximum atomic E-state index is 11.7. The van der Waals surface area contributed by atoms with Crippen molar-refractivity contribution in [1.82, 2.24) is 39.7 Å². The lowest BCUT2D eigenvalue weighted by Gasteiger charge is -2.38. The van der Waals surface area contributed by atoms with Crippen LogP contribution >= 0.6 is 0 Å². The number of nitrogens with zero attached hydrogens (tertiary/aromatic N) is 9. The van der Waals surface area contributed by atoms with Gasteiger partial charge in [0.25, 0.3) is 0 Å². The number of pyridine rings is 2. The molecule has 14 nitrogen and oxygen atoms in total. The molecule has 1 unspecified atom stereocenters. The molecule has 226 valence electrons. The Kier molecular flexibility index (Phi) is 8.45. The second-order valence-corrected chi connectivity index (χ2v) is 11.0. The molecule has 0 radical (unpaired) electrons. The van der Waals surface area contributed by atoms with Gasteiger partial charge in [-0.15, -0.1) is 0 Å². The molecule has 43 heavy (non-hydrogen) atoms. The van der Waals surface area contributed by atoms with Crippen LogP contribution in [-0.4, -0.2) is 104 Å². The van der Waals surface area contributed by atoms with Gasteiger partial charge >= 0.3 is 6.09 Å². The summed E-state index contributed by atoms with van der Waals surface area (Å²) in [7, 11) is 0. The Morgan fingerprint density at radius 2 is 1.58 bits per heavy atom. The van der Waals surface area contributed by atoms with Gasteiger partial charge in [0.15, 0.2) is 11.6 Å². The first kappa shape index (κ1) is 28.5. The van der Waals surface area contributed by atoms with E-state index in [1.165, 1.54) is 32.0 Å². The quantitative estimate of drug-likeness (QED) is 0.318. The third-order valence-electron chi connectivity index (χ3n) is 8.29. The van der Waals surface area contributed by atoms with Gasteiger partial charge < -0.3 is 31.3 Å². The van der Waals surface area contributed by atoms with Crippen LogP contribution in [0.15, 0.2) is 36.9 Å². The van der Waals surface area contributed by atoms with E-state index in [-0.39, 0.29) is 12.1 Å². The number of carbonyl (C=O) groups is 1. The molecule has 1 atom stereocenters. The fraction of sp³-hybridized carbons (Fsp3) is 0.483. The largest absolute Gasteiger partial charge is 0.450 e. The van der Waals surface area contributed by atoms with Crippen molar-refractivity contribution in [3.05, 3.63) is 36.9 Å². The van der Waals surface area contributed by atoms with Crippen molar-refractivity contribution in [2.75, 3.05) is 67.6 Å². The number of hydrogen-bond donors (Lipinski definition) is 3. The van der Waals surface area contributed by atoms with Gasteiger partial charge in [-0.3, -0.25) is 4.90 Å². The molecule has 0 spiro atoms. The number of hydrogen-bond acceptors (Lipinski definition) is 13. The molecule has 0 bridgehead atoms. The molecule has 0 saturated carbocycles. The van der Waals surface area contributed by atoms with E-state index in [1.54, 1.807) is 4.90 Å². The minimum absolute atomic E-state index is 0.236. The lowest BCUT2D eigenvalue weighted by molar-refractivity contribution is 0.0983. The summed E-state index contributed by atoms with van der Waals surface area (Å²) in [6.45, 7) is 8.05. The van der Waals surface area contributed by atoms with Gasteiger partial charge in [-0.05, 0) is 63.4 Å². The van der Waals surface area contributed by atoms with Crippen LogP contribution in [0.1, 0.15) is 32.6 Å². The summed E-state index contributed by atoms with van der Waals surface area (Å²) in [5.41, 5.74) is 14.6. The maximum absolute atomic E-state index is 11.7. The van der Waals surface area contributed by atoms with Crippen molar-refractivity contribution in [1.29, 1.82) is 0 Å². The highest BCUT2D eigenvalue weighted by Gasteiger charge is 2.31. The molecule has 1 amide bonds. The van der Waals surface area contributed by atoms with Gasteiger partial charge in [0.1, 0.15) is 35.3 Å². The van der Waals surface area contributed by atoms with E-state index in [0.717, 1.165) is 55.1 Å². The molecular formula is C29H38N12O2. The number of anilines is 4. The number of ether oxygens (including phenoxy) is 1. The first-order chi connectivity index (χ1) is 21.0. The van der Waals surface area contributed by atoms with Gasteiger partial charge in [0.05, 0.1) is 17.6 Å². The number of amides is 1. The van der Waals surface area contributed by atoms with Gasteiger partial charge in [0, 0.05) is 44.8 Å². The molecular weight excluding hydrogens is 548 g/mol. The smallest absolute Gasteiger partial charge is 0.409 e. The van der Waals surface area contributed by atoms with Crippen LogP contribution in [0.3, 0.4) is 0 Å². The van der Waals surface area contributed by atoms with Crippen LogP contribution in [0.25, 0.3) is 22.1 Å². The first-order valence-electron chi connectivity index (χ1n) is 14.9. The van der Waals surface area contributed by atoms with Crippen LogP contribution < -0.4 is 21.7 Å². The summed E-state index contributed by atoms with van der Waals surface area (Å²) in [5.74, 6) is 2.56. The summed E-state index contributed by atoms with van der Waals surface area (Å²) < 4.78 is 5.02. The van der Waals surface area contributed by atoms with E-state index in [1.807, 2.05) is 31.2 Å². The second kappa shape index (κ2) is 12.7. The number of aromatic nitrogens is 6. The van der Waals surface area contributed by atoms with E-state index < -0.39 is 0 Å². The maximum Gasteiger partial charge on any atom is 0.409 e. The summed E-state index contributed by atoms with van der Waals surface area (Å²) in [5, 5.41) is 3.39. The Labute approximate surface area is 249 Å². The SMILES string of the molecule is CCOC(=O)N1CCC(Nc2ccc3ncnc(N)c3n2)CC1.Nc1ncnc2ccc(N3CCN4CCCC4C3)nc12. The van der Waals surface area contributed by atoms with Crippen molar-refractivity contribution in [3.8, 4) is 0 Å². The normalized spacial score (nSPS) is 19.1. The molecule has 3 fully saturated rings. The number of nitrogens with one attached hydrogen (secondary N) is 1. The van der Waals surface area contributed by atoms with Crippen molar-refractivity contribution in [2.45, 2.75) is 44.7 Å². The Morgan fingerprint density at radius 1 is 0.884 bits per heavy atom. The number of rotatable bonds is 4. The number of likely N-dealkylation sites (tertiary alicyclic amines) is 1. The minimum Gasteiger partial charge on any atom is -0.450 e. The zero-order chi connectivity index (χ0) is 29.8. The molecule has 5 N–H and O–H groups in total. The third-order valence-corrected chi connectivity index (χ3v) is 8.29. The highest BCUT2D eigenvalue weighted by atomic mass is 16.6. The van der Waals surface area contributed by atoms with Gasteiger partial charge in [-0.1, -0.05) is 0 Å². The van der Waals surface area contributed by atoms with E-state index in [2.05, 4.69) is 45.0 Å². The van der Waals surface area contributed by atoms with Crippen molar-refractivity contribution in [3.63, 3.8) is 0 Å². The molecule has 3 saturated heterocycles. The molecule has 0 aromatic carbocycles. The molecule has 14 heteroatoms. The summed E-state index contributed by atoms with van der Waals surface area (Å²) in [4.78, 5) is 43.9. The zero-order valence-electron chi connectivity index (χ0n) is 24.4. The van der Waals surface area contributed by atoms with Crippen molar-refractivity contribution in [2.24, 2.45) is 0 Å². The summed E-state index contributed by atoms with van der Waals surface area (Å²) >= 11 is 0. The molecule has 4 aromatic rings. The Balaban J connectivity index is 0.000000154. The zero-order valence-corrected chi connectivity index (χ0v) is 24.4. The van der Waals surface area contributed by atoms with E-state index in [0.29, 0.717) is 48.4 Å². The van der Waals surface area contributed by atoms with E-state index in [9.17, 15) is 4.79 Å². The lowest BCUT2D eigenvalue weighted by Crippen LogP contribution is -2.50. The van der Waals surface area contributed by atoms with Crippen LogP contribution in [0.4, 0.5) is 28.1 Å². The highest BCUT2D eigenvalue weighted by Crippen LogP contribution is 2.26. The molecule has 7 heterocycles. The first-order valence-corrected chi connectivity index (χ1v) is 14.9. The Bertz CT molecular complexity index is 1580. The van der Waals surface area contributed by atoms with Crippen molar-refractivity contribution < 1.29 is 9.53 Å². The lowest BCUT2D eigenvalue weighted by atomic mass is 10.1. The van der Waals surface area contributed by atoms with Crippen LogP contribution in [0, 0.1) is 0 Å². The minimum atomic E-state index is -0.236. The van der Waals surface area contributed by atoms with E-state index in [4.69, 9.17) is 16.2 Å². The average molecular weight is 587 g/mol. The molecule has 3 aliphatic heterocycles. The van der Waals surface area contributed by atoms with Gasteiger partial charge in [-0.2, -0.15) is 0 Å². The number of piperidine rings is 1. The molecule has 7 rings (SSSR count). The number of carbonyl (C=O) groups excluding carboxylic acids is 1. The summed E-state index contributed by atoms with van der Waals surface area (Å²) in [6.07, 6.45) is 6.99. The monoisotopic (exact) mass is 586 g/mol. The molecule has 3 aliphatic rings. The summed E-state index contributed by atoms with van der Waals surface area (Å²) in [6, 6.07) is 8.72. The predicted molar refractivity (Wildman–Crippen MR) is 166 cm³/mol. The topological polar surface area (TPSA) is 177 Å². The van der Waals surface area contributed by atoms with E-state index >= 15 is 0 Å². The molecule has 4 aromatic heterocycles. The highest BCUT2D eigenvalue weighted by molar-refractivity contribution is 5.85. The fourth-order valence-corrected chi connectivity index (χ4v) is 5.99. The second-order valence-electron chi connectivity index (χ2n) is 11.0. The number of nitrogens with two attached hydrogens (primary N) is 2. The van der Waals surface area contributed by atoms with Crippen LogP contribution in [0.5, 0.6) is 0 Å². The van der Waals surface area contributed by atoms with Crippen molar-refractivity contribution >= 4 is 51.4 Å². The Hall–Kier alpha value is -4.59. The number of nitrogen functional groups attached to an aromatic ring is 2. The fourth-order valence-electron chi connectivity index (χ4n) is 5.99. The third kappa shape index (κ3) is 6.43. The van der Waals surface area contributed by atoms with Crippen LogP contribution in [0.2, 0.25) is 0 Å².